The number of fused-ring (bicyclic) bond motifs is 1. The third-order valence-electron chi connectivity index (χ3n) is 6.39. The predicted octanol–water partition coefficient (Wildman–Crippen LogP) is 2.21. The van der Waals surface area contributed by atoms with E-state index in [4.69, 9.17) is 0 Å². The molecule has 2 atom stereocenters. The first-order valence-electron chi connectivity index (χ1n) is 10.8. The first kappa shape index (κ1) is 20.5. The van der Waals surface area contributed by atoms with Gasteiger partial charge < -0.3 is 14.7 Å². The number of pyridine rings is 1. The Kier molecular flexibility index (Phi) is 6.43. The van der Waals surface area contributed by atoms with Crippen molar-refractivity contribution in [2.24, 2.45) is 5.92 Å². The van der Waals surface area contributed by atoms with Crippen molar-refractivity contribution in [1.82, 2.24) is 19.7 Å². The first-order valence-corrected chi connectivity index (χ1v) is 10.8. The molecule has 2 aliphatic rings. The zero-order valence-electron chi connectivity index (χ0n) is 17.6. The van der Waals surface area contributed by atoms with Crippen LogP contribution in [0.15, 0.2) is 54.9 Å². The molecular weight excluding hydrogens is 376 g/mol. The third-order valence-corrected chi connectivity index (χ3v) is 6.39. The Balaban J connectivity index is 1.41. The van der Waals surface area contributed by atoms with Gasteiger partial charge >= 0.3 is 0 Å². The van der Waals surface area contributed by atoms with Gasteiger partial charge in [-0.2, -0.15) is 0 Å². The molecule has 6 heteroatoms. The summed E-state index contributed by atoms with van der Waals surface area (Å²) in [7, 11) is 1.85. The standard InChI is InChI=1S/C24H30N4O2/c1-26-22-11-14-27(13-6-10-19-7-3-2-4-8-19)17-21(22)24(30)28(18-23(26)29)16-20-9-5-12-25-15-20/h2-5,7-9,12,15,21-22H,6,10-11,13-14,16-18H2,1H3/t21-,22+/m0/s1. The largest absolute Gasteiger partial charge is 0.340 e. The van der Waals surface area contributed by atoms with E-state index < -0.39 is 0 Å². The number of carbonyl (C=O) groups excluding carboxylic acids is 2. The molecule has 0 radical (unpaired) electrons. The molecule has 1 aromatic heterocycles. The molecule has 1 aromatic carbocycles. The monoisotopic (exact) mass is 406 g/mol. The van der Waals surface area contributed by atoms with Gasteiger partial charge in [-0.3, -0.25) is 14.6 Å². The van der Waals surface area contributed by atoms with Gasteiger partial charge in [0.05, 0.1) is 5.92 Å². The molecule has 2 saturated heterocycles. The van der Waals surface area contributed by atoms with Gasteiger partial charge in [0.15, 0.2) is 0 Å². The Morgan fingerprint density at radius 1 is 1.07 bits per heavy atom. The zero-order valence-corrected chi connectivity index (χ0v) is 17.6. The van der Waals surface area contributed by atoms with Crippen LogP contribution in [0.5, 0.6) is 0 Å². The van der Waals surface area contributed by atoms with Crippen LogP contribution in [-0.2, 0) is 22.6 Å². The summed E-state index contributed by atoms with van der Waals surface area (Å²) in [6, 6.07) is 14.3. The molecule has 4 rings (SSSR count). The Hall–Kier alpha value is -2.73. The van der Waals surface area contributed by atoms with Crippen LogP contribution >= 0.6 is 0 Å². The zero-order chi connectivity index (χ0) is 20.9. The SMILES string of the molecule is CN1C(=O)CN(Cc2cccnc2)C(=O)[C@H]2CN(CCCc3ccccc3)CC[C@H]21. The van der Waals surface area contributed by atoms with E-state index in [0.717, 1.165) is 44.5 Å². The second-order valence-corrected chi connectivity index (χ2v) is 8.41. The second kappa shape index (κ2) is 9.39. The van der Waals surface area contributed by atoms with E-state index in [9.17, 15) is 9.59 Å². The molecule has 2 amide bonds. The summed E-state index contributed by atoms with van der Waals surface area (Å²) in [6.07, 6.45) is 6.46. The van der Waals surface area contributed by atoms with E-state index in [-0.39, 0.29) is 30.3 Å². The van der Waals surface area contributed by atoms with Crippen LogP contribution in [0.2, 0.25) is 0 Å². The summed E-state index contributed by atoms with van der Waals surface area (Å²) in [5.41, 5.74) is 2.31. The highest BCUT2D eigenvalue weighted by atomic mass is 16.2. The maximum absolute atomic E-state index is 13.4. The van der Waals surface area contributed by atoms with Crippen LogP contribution in [0.25, 0.3) is 0 Å². The number of amides is 2. The first-order chi connectivity index (χ1) is 14.6. The number of rotatable bonds is 6. The minimum absolute atomic E-state index is 0.00530. The molecule has 2 aliphatic heterocycles. The van der Waals surface area contributed by atoms with Gasteiger partial charge in [-0.15, -0.1) is 0 Å². The number of likely N-dealkylation sites (N-methyl/N-ethyl adjacent to an activating group) is 1. The smallest absolute Gasteiger partial charge is 0.242 e. The number of nitrogens with zero attached hydrogens (tertiary/aromatic N) is 4. The van der Waals surface area contributed by atoms with Crippen molar-refractivity contribution in [3.8, 4) is 0 Å². The number of hydrogen-bond acceptors (Lipinski definition) is 4. The normalized spacial score (nSPS) is 22.7. The minimum Gasteiger partial charge on any atom is -0.340 e. The summed E-state index contributed by atoms with van der Waals surface area (Å²) in [4.78, 5) is 36.2. The van der Waals surface area contributed by atoms with Crippen molar-refractivity contribution in [3.63, 3.8) is 0 Å². The molecule has 6 nitrogen and oxygen atoms in total. The van der Waals surface area contributed by atoms with E-state index in [1.54, 1.807) is 17.3 Å². The van der Waals surface area contributed by atoms with Crippen molar-refractivity contribution in [3.05, 3.63) is 66.0 Å². The lowest BCUT2D eigenvalue weighted by Crippen LogP contribution is -2.53. The van der Waals surface area contributed by atoms with Gasteiger partial charge in [0.2, 0.25) is 11.8 Å². The summed E-state index contributed by atoms with van der Waals surface area (Å²) in [5.74, 6) is -0.0461. The Morgan fingerprint density at radius 2 is 1.87 bits per heavy atom. The fourth-order valence-corrected chi connectivity index (χ4v) is 4.69. The highest BCUT2D eigenvalue weighted by molar-refractivity contribution is 5.89. The molecule has 0 bridgehead atoms. The van der Waals surface area contributed by atoms with Crippen LogP contribution in [0.1, 0.15) is 24.0 Å². The highest BCUT2D eigenvalue weighted by Gasteiger charge is 2.43. The lowest BCUT2D eigenvalue weighted by atomic mass is 9.90. The van der Waals surface area contributed by atoms with Crippen LogP contribution in [0.3, 0.4) is 0 Å². The minimum atomic E-state index is -0.163. The Morgan fingerprint density at radius 3 is 2.63 bits per heavy atom. The summed E-state index contributed by atoms with van der Waals surface area (Å²) in [5, 5.41) is 0. The van der Waals surface area contributed by atoms with Gasteiger partial charge in [0, 0.05) is 45.1 Å². The Labute approximate surface area is 178 Å². The van der Waals surface area contributed by atoms with Gasteiger partial charge in [0.25, 0.3) is 0 Å². The van der Waals surface area contributed by atoms with Crippen molar-refractivity contribution < 1.29 is 9.59 Å². The number of hydrogen-bond donors (Lipinski definition) is 0. The predicted molar refractivity (Wildman–Crippen MR) is 116 cm³/mol. The molecule has 30 heavy (non-hydrogen) atoms. The lowest BCUT2D eigenvalue weighted by molar-refractivity contribution is -0.138. The van der Waals surface area contributed by atoms with E-state index in [0.29, 0.717) is 6.54 Å². The average molecular weight is 407 g/mol. The topological polar surface area (TPSA) is 56.8 Å². The van der Waals surface area contributed by atoms with Crippen LogP contribution in [0, 0.1) is 5.92 Å². The number of aromatic nitrogens is 1. The molecule has 158 valence electrons. The van der Waals surface area contributed by atoms with E-state index in [2.05, 4.69) is 34.1 Å². The van der Waals surface area contributed by atoms with Crippen molar-refractivity contribution in [1.29, 1.82) is 0 Å². The fraction of sp³-hybridized carbons (Fsp3) is 0.458. The van der Waals surface area contributed by atoms with Gasteiger partial charge in [-0.1, -0.05) is 36.4 Å². The molecule has 2 aromatic rings. The van der Waals surface area contributed by atoms with Crippen molar-refractivity contribution in [2.45, 2.75) is 31.8 Å². The highest BCUT2D eigenvalue weighted by Crippen LogP contribution is 2.27. The number of piperidine rings is 1. The molecule has 0 N–H and O–H groups in total. The van der Waals surface area contributed by atoms with Crippen molar-refractivity contribution in [2.75, 3.05) is 33.2 Å². The van der Waals surface area contributed by atoms with Crippen LogP contribution in [0.4, 0.5) is 0 Å². The summed E-state index contributed by atoms with van der Waals surface area (Å²) < 4.78 is 0. The van der Waals surface area contributed by atoms with Gasteiger partial charge in [-0.05, 0) is 43.0 Å². The second-order valence-electron chi connectivity index (χ2n) is 8.41. The number of likely N-dealkylation sites (tertiary alicyclic amines) is 1. The van der Waals surface area contributed by atoms with E-state index >= 15 is 0 Å². The average Bonchev–Trinajstić information content (AvgIpc) is 2.86. The molecule has 3 heterocycles. The summed E-state index contributed by atoms with van der Waals surface area (Å²) in [6.45, 7) is 3.21. The molecule has 0 unspecified atom stereocenters. The van der Waals surface area contributed by atoms with E-state index in [1.165, 1.54) is 5.56 Å². The molecule has 0 aliphatic carbocycles. The van der Waals surface area contributed by atoms with E-state index in [1.807, 2.05) is 30.1 Å². The maximum atomic E-state index is 13.4. The number of carbonyl (C=O) groups is 2. The third kappa shape index (κ3) is 4.70. The number of benzene rings is 1. The lowest BCUT2D eigenvalue weighted by Gasteiger charge is -2.40. The molecule has 0 saturated carbocycles. The van der Waals surface area contributed by atoms with Crippen LogP contribution < -0.4 is 0 Å². The van der Waals surface area contributed by atoms with Crippen LogP contribution in [-0.4, -0.2) is 70.8 Å². The molecular formula is C24H30N4O2. The quantitative estimate of drug-likeness (QED) is 0.738. The number of aryl methyl sites for hydroxylation is 1. The van der Waals surface area contributed by atoms with Gasteiger partial charge in [-0.25, -0.2) is 0 Å². The maximum Gasteiger partial charge on any atom is 0.242 e. The van der Waals surface area contributed by atoms with Crippen molar-refractivity contribution >= 4 is 11.8 Å². The summed E-state index contributed by atoms with van der Waals surface area (Å²) >= 11 is 0. The van der Waals surface area contributed by atoms with Gasteiger partial charge in [0.1, 0.15) is 6.54 Å². The molecule has 0 spiro atoms. The fourth-order valence-electron chi connectivity index (χ4n) is 4.69. The Bertz CT molecular complexity index is 858. The molecule has 2 fully saturated rings.